The monoisotopic (exact) mass is 543 g/mol. The van der Waals surface area contributed by atoms with E-state index in [1.165, 1.54) is 5.56 Å². The third-order valence-electron chi connectivity index (χ3n) is 7.04. The Kier molecular flexibility index (Phi) is 7.47. The summed E-state index contributed by atoms with van der Waals surface area (Å²) in [6.45, 7) is 5.75. The van der Waals surface area contributed by atoms with E-state index in [1.54, 1.807) is 6.20 Å². The molecule has 3 aromatic heterocycles. The van der Waals surface area contributed by atoms with Crippen LogP contribution in [0, 0.1) is 5.82 Å². The molecule has 204 valence electrons. The lowest BCUT2D eigenvalue weighted by Crippen LogP contribution is -2.17. The van der Waals surface area contributed by atoms with Crippen molar-refractivity contribution in [2.75, 3.05) is 13.1 Å². The number of H-pyrrole nitrogens is 2. The highest BCUT2D eigenvalue weighted by Gasteiger charge is 2.22. The third kappa shape index (κ3) is 5.29. The van der Waals surface area contributed by atoms with Crippen molar-refractivity contribution in [2.45, 2.75) is 20.4 Å². The fourth-order valence-corrected chi connectivity index (χ4v) is 5.07. The number of para-hydroxylation sites is 1. The second-order valence-electron chi connectivity index (χ2n) is 9.77. The normalized spacial score (nSPS) is 14.2. The van der Waals surface area contributed by atoms with Gasteiger partial charge in [-0.3, -0.25) is 15.1 Å². The average Bonchev–Trinajstić information content (AvgIpc) is 3.56. The Bertz CT molecular complexity index is 1870. The molecule has 0 saturated carbocycles. The number of rotatable bonds is 8. The fraction of sp³-hybridized carbons (Fsp3) is 0.152. The molecule has 0 spiro atoms. The number of hydrogen-bond donors (Lipinski definition) is 3. The highest BCUT2D eigenvalue weighted by Crippen LogP contribution is 2.33. The summed E-state index contributed by atoms with van der Waals surface area (Å²) in [4.78, 5) is 17.2. The molecule has 3 N–H and O–H groups in total. The first-order chi connectivity index (χ1) is 20.2. The molecule has 1 aliphatic rings. The minimum atomic E-state index is -0.448. The molecule has 0 bridgehead atoms. The zero-order valence-corrected chi connectivity index (χ0v) is 22.9. The Morgan fingerprint density at radius 1 is 1.02 bits per heavy atom. The van der Waals surface area contributed by atoms with Gasteiger partial charge in [-0.05, 0) is 42.7 Å². The summed E-state index contributed by atoms with van der Waals surface area (Å²) in [5.41, 5.74) is 7.71. The molecule has 2 aromatic carbocycles. The maximum Gasteiger partial charge on any atom is 0.161 e. The maximum absolute atomic E-state index is 16.3. The lowest BCUT2D eigenvalue weighted by molar-refractivity contribution is 0.630. The van der Waals surface area contributed by atoms with Gasteiger partial charge in [0.1, 0.15) is 11.4 Å². The second kappa shape index (κ2) is 11.7. The minimum Gasteiger partial charge on any atom is -0.337 e. The summed E-state index contributed by atoms with van der Waals surface area (Å²) in [5, 5.41) is 11.2. The number of aromatic amines is 2. The van der Waals surface area contributed by atoms with Gasteiger partial charge < -0.3 is 10.3 Å². The zero-order chi connectivity index (χ0) is 28.2. The molecule has 0 atom stereocenters. The van der Waals surface area contributed by atoms with Crippen molar-refractivity contribution in [3.8, 4) is 11.5 Å². The summed E-state index contributed by atoms with van der Waals surface area (Å²) in [6, 6.07) is 16.2. The Morgan fingerprint density at radius 2 is 1.90 bits per heavy atom. The molecule has 41 heavy (non-hydrogen) atoms. The van der Waals surface area contributed by atoms with Crippen LogP contribution in [0.5, 0.6) is 0 Å². The summed E-state index contributed by atoms with van der Waals surface area (Å²) in [5.74, 6) is 0.0428. The van der Waals surface area contributed by atoms with E-state index in [9.17, 15) is 0 Å². The molecule has 5 aromatic rings. The van der Waals surface area contributed by atoms with E-state index in [0.29, 0.717) is 41.1 Å². The first-order valence-electron chi connectivity index (χ1n) is 13.6. The molecule has 1 aliphatic heterocycles. The minimum absolute atomic E-state index is 0.257. The Labute approximate surface area is 237 Å². The number of fused-ring (bicyclic) bond motifs is 2. The van der Waals surface area contributed by atoms with E-state index in [-0.39, 0.29) is 5.69 Å². The van der Waals surface area contributed by atoms with E-state index >= 15 is 4.39 Å². The molecule has 0 saturated heterocycles. The summed E-state index contributed by atoms with van der Waals surface area (Å²) in [6.07, 6.45) is 13.4. The second-order valence-corrected chi connectivity index (χ2v) is 9.77. The number of allylic oxidation sites excluding steroid dienone is 6. The van der Waals surface area contributed by atoms with Crippen LogP contribution in [-0.4, -0.2) is 44.5 Å². The van der Waals surface area contributed by atoms with E-state index in [4.69, 9.17) is 4.98 Å². The SMILES string of the molecule is C/C=C\C(=C/C)c1cccc2[nH]c(-c3n[nH]c4cnc(C5=CCN=CC(CNCc6ccccc6)=C5)c(F)c34)nc12. The largest absolute Gasteiger partial charge is 0.337 e. The summed E-state index contributed by atoms with van der Waals surface area (Å²) in [7, 11) is 0. The average molecular weight is 544 g/mol. The lowest BCUT2D eigenvalue weighted by atomic mass is 10.0. The third-order valence-corrected chi connectivity index (χ3v) is 7.04. The van der Waals surface area contributed by atoms with Crippen molar-refractivity contribution in [1.82, 2.24) is 30.5 Å². The summed E-state index contributed by atoms with van der Waals surface area (Å²) < 4.78 is 16.3. The van der Waals surface area contributed by atoms with Crippen LogP contribution < -0.4 is 5.32 Å². The smallest absolute Gasteiger partial charge is 0.161 e. The van der Waals surface area contributed by atoms with Gasteiger partial charge in [0, 0.05) is 30.4 Å². The molecule has 7 nitrogen and oxygen atoms in total. The number of pyridine rings is 1. The van der Waals surface area contributed by atoms with Crippen LogP contribution >= 0.6 is 0 Å². The number of aromatic nitrogens is 5. The predicted octanol–water partition coefficient (Wildman–Crippen LogP) is 6.80. The number of imidazole rings is 1. The van der Waals surface area contributed by atoms with Crippen LogP contribution in [0.4, 0.5) is 4.39 Å². The quantitative estimate of drug-likeness (QED) is 0.188. The van der Waals surface area contributed by atoms with Crippen molar-refractivity contribution in [3.05, 3.63) is 113 Å². The number of halogens is 1. The van der Waals surface area contributed by atoms with E-state index < -0.39 is 5.82 Å². The zero-order valence-electron chi connectivity index (χ0n) is 22.9. The van der Waals surface area contributed by atoms with Crippen LogP contribution in [0.3, 0.4) is 0 Å². The van der Waals surface area contributed by atoms with Gasteiger partial charge in [-0.2, -0.15) is 5.10 Å². The Morgan fingerprint density at radius 3 is 2.73 bits per heavy atom. The van der Waals surface area contributed by atoms with Gasteiger partial charge >= 0.3 is 0 Å². The highest BCUT2D eigenvalue weighted by molar-refractivity contribution is 5.98. The molecule has 4 heterocycles. The molecule has 0 aliphatic carbocycles. The number of nitrogens with zero attached hydrogens (tertiary/aromatic N) is 4. The molecule has 0 unspecified atom stereocenters. The van der Waals surface area contributed by atoms with Crippen molar-refractivity contribution < 1.29 is 4.39 Å². The highest BCUT2D eigenvalue weighted by atomic mass is 19.1. The molecule has 0 radical (unpaired) electrons. The Hall–Kier alpha value is -4.95. The molecular formula is C33H30FN7. The number of aliphatic imine (C=N–C) groups is 1. The van der Waals surface area contributed by atoms with E-state index in [2.05, 4.69) is 42.6 Å². The van der Waals surface area contributed by atoms with Crippen LogP contribution in [0.15, 0.2) is 95.7 Å². The van der Waals surface area contributed by atoms with Gasteiger partial charge in [0.25, 0.3) is 0 Å². The van der Waals surface area contributed by atoms with E-state index in [0.717, 1.165) is 34.3 Å². The maximum atomic E-state index is 16.3. The fourth-order valence-electron chi connectivity index (χ4n) is 5.07. The topological polar surface area (TPSA) is 94.6 Å². The van der Waals surface area contributed by atoms with Gasteiger partial charge in [0.05, 0.1) is 34.7 Å². The number of nitrogens with one attached hydrogen (secondary N) is 3. The molecule has 6 rings (SSSR count). The number of benzene rings is 2. The molecular weight excluding hydrogens is 513 g/mol. The van der Waals surface area contributed by atoms with Crippen molar-refractivity contribution in [3.63, 3.8) is 0 Å². The first-order valence-corrected chi connectivity index (χ1v) is 13.6. The van der Waals surface area contributed by atoms with Crippen molar-refractivity contribution in [2.24, 2.45) is 4.99 Å². The van der Waals surface area contributed by atoms with Gasteiger partial charge in [0.2, 0.25) is 0 Å². The van der Waals surface area contributed by atoms with Crippen molar-refractivity contribution in [1.29, 1.82) is 0 Å². The van der Waals surface area contributed by atoms with E-state index in [1.807, 2.05) is 86.8 Å². The lowest BCUT2D eigenvalue weighted by Gasteiger charge is -2.08. The Balaban J connectivity index is 1.35. The first kappa shape index (κ1) is 26.3. The molecule has 0 fully saturated rings. The summed E-state index contributed by atoms with van der Waals surface area (Å²) >= 11 is 0. The van der Waals surface area contributed by atoms with Crippen LogP contribution in [0.25, 0.3) is 44.6 Å². The van der Waals surface area contributed by atoms with Gasteiger partial charge in [-0.15, -0.1) is 0 Å². The van der Waals surface area contributed by atoms with Gasteiger partial charge in [-0.25, -0.2) is 9.37 Å². The standard InChI is InChI=1S/C33H30FN7/c1-3-9-23(4-2)25-12-8-13-26-31(25)39-33(38-26)32-28-27(40-41-32)20-37-30(29(28)34)24-14-15-35-18-22(16-24)19-36-17-21-10-6-5-7-11-21/h3-14,16,18,20,36H,15,17,19H2,1-2H3,(H,38,39)(H,40,41)/b9-3-,23-4+. The van der Waals surface area contributed by atoms with Crippen LogP contribution in [-0.2, 0) is 6.54 Å². The predicted molar refractivity (Wildman–Crippen MR) is 165 cm³/mol. The van der Waals surface area contributed by atoms with Crippen LogP contribution in [0.1, 0.15) is 30.7 Å². The van der Waals surface area contributed by atoms with Crippen molar-refractivity contribution >= 4 is 39.3 Å². The molecule has 8 heteroatoms. The van der Waals surface area contributed by atoms with Gasteiger partial charge in [-0.1, -0.05) is 66.8 Å². The van der Waals surface area contributed by atoms with Crippen LogP contribution in [0.2, 0.25) is 0 Å². The molecule has 0 amide bonds. The van der Waals surface area contributed by atoms with Gasteiger partial charge in [0.15, 0.2) is 11.6 Å². The number of hydrogen-bond acceptors (Lipinski definition) is 5.